The van der Waals surface area contributed by atoms with E-state index in [4.69, 9.17) is 0 Å². The molecule has 2 amide bonds. The monoisotopic (exact) mass is 394 g/mol. The molecule has 2 fully saturated rings. The number of rotatable bonds is 5. The largest absolute Gasteiger partial charge is 0.342 e. The number of nitrogens with zero attached hydrogens (tertiary/aromatic N) is 5. The summed E-state index contributed by atoms with van der Waals surface area (Å²) in [6, 6.07) is 9.13. The Morgan fingerprint density at radius 3 is 2.34 bits per heavy atom. The van der Waals surface area contributed by atoms with E-state index in [1.54, 1.807) is 18.5 Å². The summed E-state index contributed by atoms with van der Waals surface area (Å²) in [5.41, 5.74) is 1.41. The lowest BCUT2D eigenvalue weighted by Crippen LogP contribution is -2.51. The zero-order valence-corrected chi connectivity index (χ0v) is 16.5. The highest BCUT2D eigenvalue weighted by molar-refractivity contribution is 5.95. The number of anilines is 2. The van der Waals surface area contributed by atoms with Gasteiger partial charge in [-0.15, -0.1) is 0 Å². The van der Waals surface area contributed by atoms with Gasteiger partial charge in [-0.1, -0.05) is 6.07 Å². The van der Waals surface area contributed by atoms with Crippen LogP contribution in [0.25, 0.3) is 0 Å². The molecule has 29 heavy (non-hydrogen) atoms. The van der Waals surface area contributed by atoms with Crippen molar-refractivity contribution in [2.45, 2.75) is 12.8 Å². The third-order valence-corrected chi connectivity index (χ3v) is 5.41. The average molecular weight is 394 g/mol. The van der Waals surface area contributed by atoms with Crippen LogP contribution in [0.4, 0.5) is 11.6 Å². The Balaban J connectivity index is 1.31. The van der Waals surface area contributed by atoms with E-state index in [0.717, 1.165) is 44.7 Å². The molecule has 0 atom stereocenters. The lowest BCUT2D eigenvalue weighted by atomic mass is 10.1. The summed E-state index contributed by atoms with van der Waals surface area (Å²) >= 11 is 0. The highest BCUT2D eigenvalue weighted by atomic mass is 16.2. The number of nitrogens with one attached hydrogen (secondary N) is 1. The van der Waals surface area contributed by atoms with Crippen LogP contribution in [0.1, 0.15) is 23.2 Å². The van der Waals surface area contributed by atoms with Crippen LogP contribution in [0.3, 0.4) is 0 Å². The van der Waals surface area contributed by atoms with Gasteiger partial charge in [0, 0.05) is 62.9 Å². The lowest BCUT2D eigenvalue weighted by molar-refractivity contribution is -0.131. The van der Waals surface area contributed by atoms with Crippen molar-refractivity contribution in [1.29, 1.82) is 0 Å². The van der Waals surface area contributed by atoms with Crippen molar-refractivity contribution < 1.29 is 9.59 Å². The fraction of sp³-hybridized carbons (Fsp3) is 0.429. The van der Waals surface area contributed by atoms with E-state index in [2.05, 4.69) is 20.2 Å². The fourth-order valence-electron chi connectivity index (χ4n) is 3.77. The summed E-state index contributed by atoms with van der Waals surface area (Å²) < 4.78 is 0. The Morgan fingerprint density at radius 2 is 1.62 bits per heavy atom. The standard InChI is InChI=1S/C21H26N6O2/c28-19(26-9-1-2-10-26)16-25-11-13-27(14-12-25)20(29)17-5-3-6-18(15-17)24-21-22-7-4-8-23-21/h3-8,15H,1-2,9-14,16H2,(H,22,23,24). The first-order chi connectivity index (χ1) is 14.2. The maximum atomic E-state index is 12.9. The number of aromatic nitrogens is 2. The molecule has 0 saturated carbocycles. The molecule has 3 heterocycles. The van der Waals surface area contributed by atoms with Gasteiger partial charge >= 0.3 is 0 Å². The molecule has 1 aromatic carbocycles. The maximum absolute atomic E-state index is 12.9. The summed E-state index contributed by atoms with van der Waals surface area (Å²) in [6.07, 6.45) is 5.55. The Hall–Kier alpha value is -3.00. The molecule has 0 aliphatic carbocycles. The topological polar surface area (TPSA) is 81.7 Å². The van der Waals surface area contributed by atoms with Crippen molar-refractivity contribution in [3.63, 3.8) is 0 Å². The number of amides is 2. The van der Waals surface area contributed by atoms with E-state index in [0.29, 0.717) is 31.1 Å². The van der Waals surface area contributed by atoms with Crippen LogP contribution in [0.2, 0.25) is 0 Å². The van der Waals surface area contributed by atoms with E-state index >= 15 is 0 Å². The van der Waals surface area contributed by atoms with E-state index in [-0.39, 0.29) is 11.8 Å². The number of carbonyl (C=O) groups is 2. The number of hydrogen-bond acceptors (Lipinski definition) is 6. The van der Waals surface area contributed by atoms with Gasteiger partial charge in [0.05, 0.1) is 6.54 Å². The molecule has 1 N–H and O–H groups in total. The van der Waals surface area contributed by atoms with Gasteiger partial charge in [-0.3, -0.25) is 14.5 Å². The van der Waals surface area contributed by atoms with Crippen molar-refractivity contribution in [1.82, 2.24) is 24.7 Å². The third-order valence-electron chi connectivity index (χ3n) is 5.41. The quantitative estimate of drug-likeness (QED) is 0.830. The Morgan fingerprint density at radius 1 is 0.897 bits per heavy atom. The summed E-state index contributed by atoms with van der Waals surface area (Å²) in [5.74, 6) is 0.714. The van der Waals surface area contributed by atoms with Gasteiger partial charge in [0.25, 0.3) is 5.91 Å². The van der Waals surface area contributed by atoms with Gasteiger partial charge in [-0.05, 0) is 37.1 Å². The molecule has 2 aliphatic heterocycles. The minimum absolute atomic E-state index is 0.00755. The smallest absolute Gasteiger partial charge is 0.254 e. The highest BCUT2D eigenvalue weighted by Gasteiger charge is 2.25. The van der Waals surface area contributed by atoms with Crippen LogP contribution in [-0.4, -0.2) is 82.3 Å². The van der Waals surface area contributed by atoms with E-state index in [1.807, 2.05) is 34.1 Å². The van der Waals surface area contributed by atoms with Crippen LogP contribution in [-0.2, 0) is 4.79 Å². The first-order valence-electron chi connectivity index (χ1n) is 10.1. The zero-order chi connectivity index (χ0) is 20.1. The van der Waals surface area contributed by atoms with Crippen LogP contribution < -0.4 is 5.32 Å². The molecule has 4 rings (SSSR count). The molecular formula is C21H26N6O2. The van der Waals surface area contributed by atoms with Crippen LogP contribution >= 0.6 is 0 Å². The number of carbonyl (C=O) groups excluding carboxylic acids is 2. The molecule has 0 bridgehead atoms. The van der Waals surface area contributed by atoms with E-state index in [1.165, 1.54) is 0 Å². The molecular weight excluding hydrogens is 368 g/mol. The predicted molar refractivity (Wildman–Crippen MR) is 110 cm³/mol. The molecule has 152 valence electrons. The second-order valence-electron chi connectivity index (χ2n) is 7.43. The maximum Gasteiger partial charge on any atom is 0.254 e. The normalized spacial score (nSPS) is 17.4. The predicted octanol–water partition coefficient (Wildman–Crippen LogP) is 1.60. The molecule has 0 unspecified atom stereocenters. The molecule has 2 saturated heterocycles. The molecule has 0 radical (unpaired) electrons. The number of likely N-dealkylation sites (tertiary alicyclic amines) is 1. The van der Waals surface area contributed by atoms with Crippen LogP contribution in [0.15, 0.2) is 42.7 Å². The van der Waals surface area contributed by atoms with Crippen molar-refractivity contribution in [3.8, 4) is 0 Å². The molecule has 2 aliphatic rings. The van der Waals surface area contributed by atoms with Gasteiger partial charge in [0.2, 0.25) is 11.9 Å². The second kappa shape index (κ2) is 9.00. The van der Waals surface area contributed by atoms with Crippen molar-refractivity contribution in [2.75, 3.05) is 51.1 Å². The van der Waals surface area contributed by atoms with Gasteiger partial charge in [0.15, 0.2) is 0 Å². The SMILES string of the molecule is O=C(CN1CCN(C(=O)c2cccc(Nc3ncccn3)c2)CC1)N1CCCC1. The van der Waals surface area contributed by atoms with Gasteiger partial charge < -0.3 is 15.1 Å². The summed E-state index contributed by atoms with van der Waals surface area (Å²) in [4.78, 5) is 39.5. The first kappa shape index (κ1) is 19.3. The molecule has 1 aromatic heterocycles. The number of piperazine rings is 1. The van der Waals surface area contributed by atoms with Crippen molar-refractivity contribution >= 4 is 23.5 Å². The highest BCUT2D eigenvalue weighted by Crippen LogP contribution is 2.17. The second-order valence-corrected chi connectivity index (χ2v) is 7.43. The Labute approximate surface area is 170 Å². The fourth-order valence-corrected chi connectivity index (χ4v) is 3.77. The Bertz CT molecular complexity index is 845. The van der Waals surface area contributed by atoms with Crippen LogP contribution in [0, 0.1) is 0 Å². The lowest BCUT2D eigenvalue weighted by Gasteiger charge is -2.35. The minimum Gasteiger partial charge on any atom is -0.342 e. The first-order valence-corrected chi connectivity index (χ1v) is 10.1. The average Bonchev–Trinajstić information content (AvgIpc) is 3.30. The third kappa shape index (κ3) is 4.89. The zero-order valence-electron chi connectivity index (χ0n) is 16.5. The summed E-state index contributed by atoms with van der Waals surface area (Å²) in [7, 11) is 0. The molecule has 2 aromatic rings. The van der Waals surface area contributed by atoms with Gasteiger partial charge in [-0.25, -0.2) is 9.97 Å². The van der Waals surface area contributed by atoms with Gasteiger partial charge in [-0.2, -0.15) is 0 Å². The number of benzene rings is 1. The van der Waals surface area contributed by atoms with E-state index < -0.39 is 0 Å². The van der Waals surface area contributed by atoms with Crippen LogP contribution in [0.5, 0.6) is 0 Å². The number of hydrogen-bond donors (Lipinski definition) is 1. The van der Waals surface area contributed by atoms with E-state index in [9.17, 15) is 9.59 Å². The molecule has 8 nitrogen and oxygen atoms in total. The minimum atomic E-state index is 0.00755. The molecule has 0 spiro atoms. The molecule has 8 heteroatoms. The summed E-state index contributed by atoms with van der Waals surface area (Å²) in [5, 5.41) is 3.11. The van der Waals surface area contributed by atoms with Crippen molar-refractivity contribution in [2.24, 2.45) is 0 Å². The Kier molecular flexibility index (Phi) is 6.00. The van der Waals surface area contributed by atoms with Crippen molar-refractivity contribution in [3.05, 3.63) is 48.3 Å². The summed E-state index contributed by atoms with van der Waals surface area (Å²) in [6.45, 7) is 4.93. The van der Waals surface area contributed by atoms with Gasteiger partial charge in [0.1, 0.15) is 0 Å².